The predicted octanol–water partition coefficient (Wildman–Crippen LogP) is 5.77. The Morgan fingerprint density at radius 2 is 1.50 bits per heavy atom. The van der Waals surface area contributed by atoms with Crippen molar-refractivity contribution in [2.45, 2.75) is 0 Å². The first-order valence-electron chi connectivity index (χ1n) is 7.97. The Kier molecular flexibility index (Phi) is 7.72. The van der Waals surface area contributed by atoms with Crippen LogP contribution in [0.4, 0.5) is 0 Å². The van der Waals surface area contributed by atoms with E-state index in [1.54, 1.807) is 30.4 Å². The molecule has 0 aliphatic carbocycles. The molecule has 0 N–H and O–H groups in total. The van der Waals surface area contributed by atoms with E-state index in [1.165, 1.54) is 18.8 Å². The Bertz CT molecular complexity index is 841. The zero-order valence-corrected chi connectivity index (χ0v) is 16.7. The molecule has 0 radical (unpaired) electrons. The highest BCUT2D eigenvalue weighted by Crippen LogP contribution is 2.30. The topological polar surface area (TPSA) is 52.6 Å². The number of carbonyl (C=O) groups is 1. The van der Waals surface area contributed by atoms with Crippen LogP contribution in [0.1, 0.15) is 11.1 Å². The van der Waals surface area contributed by atoms with Crippen molar-refractivity contribution in [3.05, 3.63) is 71.8 Å². The molecule has 1 unspecified atom stereocenters. The summed E-state index contributed by atoms with van der Waals surface area (Å²) in [6, 6.07) is 14.7. The van der Waals surface area contributed by atoms with Gasteiger partial charge in [-0.25, -0.2) is 0 Å². The summed E-state index contributed by atoms with van der Waals surface area (Å²) in [5, 5.41) is 0. The minimum absolute atomic E-state index is 0.127. The quantitative estimate of drug-likeness (QED) is 0.426. The minimum atomic E-state index is -1.71. The van der Waals surface area contributed by atoms with Crippen LogP contribution in [0, 0.1) is 0 Å². The van der Waals surface area contributed by atoms with E-state index in [4.69, 9.17) is 9.05 Å². The van der Waals surface area contributed by atoms with E-state index in [0.29, 0.717) is 5.75 Å². The van der Waals surface area contributed by atoms with Crippen molar-refractivity contribution >= 4 is 34.1 Å². The van der Waals surface area contributed by atoms with Crippen molar-refractivity contribution < 1.29 is 18.4 Å². The highest BCUT2D eigenvalue weighted by molar-refractivity contribution is 7.51. The van der Waals surface area contributed by atoms with Gasteiger partial charge in [0.15, 0.2) is 18.2 Å². The average molecular weight is 387 g/mol. The lowest BCUT2D eigenvalue weighted by atomic mass is 10.1. The van der Waals surface area contributed by atoms with Crippen molar-refractivity contribution in [3.8, 4) is 11.5 Å². The van der Waals surface area contributed by atoms with Gasteiger partial charge in [0.2, 0.25) is 0 Å². The number of hydrogen-bond acceptors (Lipinski definition) is 4. The lowest BCUT2D eigenvalue weighted by molar-refractivity contribution is -0.110. The third-order valence-corrected chi connectivity index (χ3v) is 4.16. The molecule has 26 heavy (non-hydrogen) atoms. The molecule has 0 bridgehead atoms. The van der Waals surface area contributed by atoms with Gasteiger partial charge in [-0.2, -0.15) is 0 Å². The second kappa shape index (κ2) is 10.0. The molecule has 0 aromatic heterocycles. The molecule has 6 heteroatoms. The second-order valence-electron chi connectivity index (χ2n) is 5.65. The first-order valence-corrected chi connectivity index (χ1v) is 11.7. The molecule has 1 atom stereocenters. The number of rotatable bonds is 8. The zero-order chi connectivity index (χ0) is 18.9. The van der Waals surface area contributed by atoms with E-state index in [1.807, 2.05) is 43.7 Å². The van der Waals surface area contributed by atoms with Gasteiger partial charge in [0, 0.05) is 0 Å². The summed E-state index contributed by atoms with van der Waals surface area (Å²) in [6.07, 6.45) is 6.45. The molecule has 0 heterocycles. The van der Waals surface area contributed by atoms with Gasteiger partial charge in [-0.3, -0.25) is 9.32 Å². The van der Waals surface area contributed by atoms with Gasteiger partial charge in [-0.1, -0.05) is 36.4 Å². The Labute approximate surface area is 156 Å². The zero-order valence-electron chi connectivity index (χ0n) is 15.0. The van der Waals surface area contributed by atoms with Crippen molar-refractivity contribution in [2.24, 2.45) is 0 Å². The molecule has 0 aliphatic rings. The van der Waals surface area contributed by atoms with Gasteiger partial charge in [-0.05, 0) is 65.4 Å². The van der Waals surface area contributed by atoms with Gasteiger partial charge in [-0.15, -0.1) is 0 Å². The van der Waals surface area contributed by atoms with E-state index in [9.17, 15) is 9.36 Å². The summed E-state index contributed by atoms with van der Waals surface area (Å²) in [7, 11) is -2.19. The van der Waals surface area contributed by atoms with Gasteiger partial charge in [0.05, 0.1) is 8.15 Å². The number of benzene rings is 2. The van der Waals surface area contributed by atoms with Crippen LogP contribution in [0.3, 0.4) is 0 Å². The molecule has 2 aromatic rings. The fourth-order valence-corrected chi connectivity index (χ4v) is 3.07. The number of hydrogen-bond donors (Lipinski definition) is 0. The van der Waals surface area contributed by atoms with Crippen molar-refractivity contribution in [3.63, 3.8) is 0 Å². The van der Waals surface area contributed by atoms with Gasteiger partial charge >= 0.3 is 8.03 Å². The van der Waals surface area contributed by atoms with Crippen LogP contribution in [0.2, 0.25) is 0 Å². The lowest BCUT2D eigenvalue weighted by Crippen LogP contribution is -1.87. The molecule has 0 spiro atoms. The molecule has 2 rings (SSSR count). The van der Waals surface area contributed by atoms with Crippen LogP contribution in [0.25, 0.3) is 12.2 Å². The van der Waals surface area contributed by atoms with Crippen LogP contribution in [0.5, 0.6) is 11.5 Å². The van der Waals surface area contributed by atoms with Crippen LogP contribution >= 0.6 is 16.2 Å². The Hall–Kier alpha value is -2.28. The summed E-state index contributed by atoms with van der Waals surface area (Å²) in [5.74, 6) is 1.19. The molecule has 134 valence electrons. The first kappa shape index (κ1) is 20.0. The van der Waals surface area contributed by atoms with E-state index < -0.39 is 16.2 Å². The van der Waals surface area contributed by atoms with E-state index in [-0.39, 0.29) is 5.78 Å². The summed E-state index contributed by atoms with van der Waals surface area (Å²) in [6.45, 7) is 5.56. The third-order valence-electron chi connectivity index (χ3n) is 3.12. The van der Waals surface area contributed by atoms with Crippen LogP contribution < -0.4 is 9.05 Å². The maximum Gasteiger partial charge on any atom is 0.552 e. The second-order valence-corrected chi connectivity index (χ2v) is 8.52. The van der Waals surface area contributed by atoms with Gasteiger partial charge in [0.1, 0.15) is 5.75 Å². The fourth-order valence-electron chi connectivity index (χ4n) is 2.12. The molecule has 2 aromatic carbocycles. The minimum Gasteiger partial charge on any atom is -0.475 e. The van der Waals surface area contributed by atoms with Gasteiger partial charge in [0.25, 0.3) is 0 Å². The third kappa shape index (κ3) is 7.31. The van der Waals surface area contributed by atoms with Crippen LogP contribution in [-0.4, -0.2) is 25.8 Å². The monoisotopic (exact) mass is 387 g/mol. The summed E-state index contributed by atoms with van der Waals surface area (Å²) in [5.41, 5.74) is 1.71. The maximum atomic E-state index is 12.0. The molecule has 0 saturated heterocycles. The molecule has 0 saturated carbocycles. The van der Waals surface area contributed by atoms with Gasteiger partial charge < -0.3 is 4.52 Å². The van der Waals surface area contributed by atoms with Crippen LogP contribution in [-0.2, 0) is 9.36 Å². The predicted molar refractivity (Wildman–Crippen MR) is 110 cm³/mol. The number of carbonyl (C=O) groups excluding carboxylic acids is 1. The smallest absolute Gasteiger partial charge is 0.475 e. The average Bonchev–Trinajstić information content (AvgIpc) is 2.58. The van der Waals surface area contributed by atoms with E-state index in [2.05, 4.69) is 0 Å². The molecular weight excluding hydrogens is 366 g/mol. The van der Waals surface area contributed by atoms with Crippen LogP contribution in [0.15, 0.2) is 60.7 Å². The lowest BCUT2D eigenvalue weighted by Gasteiger charge is -2.09. The molecule has 0 aliphatic heterocycles. The summed E-state index contributed by atoms with van der Waals surface area (Å²) >= 11 is 0. The normalized spacial score (nSPS) is 11.9. The Morgan fingerprint density at radius 1 is 0.962 bits per heavy atom. The Balaban J connectivity index is 2.01. The van der Waals surface area contributed by atoms with E-state index >= 15 is 0 Å². The molecule has 0 amide bonds. The number of allylic oxidation sites excluding steroid dienone is 2. The maximum absolute atomic E-state index is 12.0. The molecular formula is C20H21O4P2+. The summed E-state index contributed by atoms with van der Waals surface area (Å²) < 4.78 is 22.0. The van der Waals surface area contributed by atoms with Crippen molar-refractivity contribution in [1.82, 2.24) is 0 Å². The number of ketones is 1. The van der Waals surface area contributed by atoms with Crippen molar-refractivity contribution in [1.29, 1.82) is 0 Å². The fraction of sp³-hybridized carbons (Fsp3) is 0.150. The highest BCUT2D eigenvalue weighted by Gasteiger charge is 2.08. The van der Waals surface area contributed by atoms with Crippen molar-refractivity contribution in [2.75, 3.05) is 20.0 Å². The SMILES string of the molecule is CP(C)Oc1cccc(/C=C/C(=O)/C=C/c2cccc(O[P+](C)=O)c2)c1. The first-order chi connectivity index (χ1) is 12.4. The highest BCUT2D eigenvalue weighted by atomic mass is 31.1. The summed E-state index contributed by atoms with van der Waals surface area (Å²) in [4.78, 5) is 12.0. The Morgan fingerprint density at radius 3 is 2.04 bits per heavy atom. The molecule has 0 fully saturated rings. The standard InChI is InChI=1S/C20H21O4P2/c1-25(2)23-19-8-4-6-16(14-19)10-12-18(21)13-11-17-7-5-9-20(15-17)24-26(3)22/h4-15H,1-3H3/q+1/b12-10+,13-11+. The van der Waals surface area contributed by atoms with E-state index in [0.717, 1.165) is 16.9 Å². The largest absolute Gasteiger partial charge is 0.552 e. The molecule has 4 nitrogen and oxygen atoms in total.